The van der Waals surface area contributed by atoms with E-state index in [9.17, 15) is 5.11 Å². The average molecular weight is 279 g/mol. The Morgan fingerprint density at radius 2 is 2.10 bits per heavy atom. The van der Waals surface area contributed by atoms with E-state index in [1.54, 1.807) is 6.08 Å². The topological polar surface area (TPSA) is 50.7 Å². The minimum absolute atomic E-state index is 0.230. The van der Waals surface area contributed by atoms with E-state index in [1.165, 1.54) is 0 Å². The lowest BCUT2D eigenvalue weighted by molar-refractivity contribution is 0.102. The molecule has 1 aromatic carbocycles. The monoisotopic (exact) mass is 279 g/mol. The average Bonchev–Trinajstić information content (AvgIpc) is 2.41. The van der Waals surface area contributed by atoms with Gasteiger partial charge in [0.2, 0.25) is 0 Å². The zero-order valence-electron chi connectivity index (χ0n) is 12.6. The SMILES string of the molecule is C=CCOc1c(C)cccc1OC[C@@H](O)CNC(C)C. The van der Waals surface area contributed by atoms with Crippen molar-refractivity contribution in [3.05, 3.63) is 36.4 Å². The van der Waals surface area contributed by atoms with E-state index in [-0.39, 0.29) is 6.61 Å². The van der Waals surface area contributed by atoms with E-state index in [4.69, 9.17) is 9.47 Å². The summed E-state index contributed by atoms with van der Waals surface area (Å²) in [4.78, 5) is 0. The third-order valence-corrected chi connectivity index (χ3v) is 2.71. The number of aliphatic hydroxyl groups is 1. The molecule has 0 aromatic heterocycles. The van der Waals surface area contributed by atoms with Gasteiger partial charge in [0.15, 0.2) is 11.5 Å². The number of benzene rings is 1. The molecule has 0 unspecified atom stereocenters. The van der Waals surface area contributed by atoms with Gasteiger partial charge in [0.05, 0.1) is 0 Å². The fourth-order valence-electron chi connectivity index (χ4n) is 1.68. The first-order valence-corrected chi connectivity index (χ1v) is 6.92. The Bertz CT molecular complexity index is 418. The second kappa shape index (κ2) is 8.61. The van der Waals surface area contributed by atoms with Crippen molar-refractivity contribution in [2.24, 2.45) is 0 Å². The molecule has 0 fully saturated rings. The van der Waals surface area contributed by atoms with Crippen LogP contribution in [0.1, 0.15) is 19.4 Å². The molecule has 4 nitrogen and oxygen atoms in total. The summed E-state index contributed by atoms with van der Waals surface area (Å²) >= 11 is 0. The molecule has 112 valence electrons. The van der Waals surface area contributed by atoms with Crippen LogP contribution in [0.15, 0.2) is 30.9 Å². The lowest BCUT2D eigenvalue weighted by Gasteiger charge is -2.17. The van der Waals surface area contributed by atoms with E-state index in [1.807, 2.05) is 39.0 Å². The van der Waals surface area contributed by atoms with Crippen LogP contribution in [0.2, 0.25) is 0 Å². The lowest BCUT2D eigenvalue weighted by Crippen LogP contribution is -2.35. The van der Waals surface area contributed by atoms with Crippen LogP contribution in [-0.2, 0) is 0 Å². The van der Waals surface area contributed by atoms with Crippen LogP contribution in [0.3, 0.4) is 0 Å². The van der Waals surface area contributed by atoms with E-state index in [0.29, 0.717) is 30.7 Å². The number of hydrogen-bond acceptors (Lipinski definition) is 4. The summed E-state index contributed by atoms with van der Waals surface area (Å²) in [5, 5.41) is 13.0. The highest BCUT2D eigenvalue weighted by atomic mass is 16.5. The highest BCUT2D eigenvalue weighted by molar-refractivity contribution is 5.46. The molecule has 1 atom stereocenters. The van der Waals surface area contributed by atoms with Crippen molar-refractivity contribution in [3.8, 4) is 11.5 Å². The van der Waals surface area contributed by atoms with Crippen LogP contribution in [0.5, 0.6) is 11.5 Å². The predicted octanol–water partition coefficient (Wildman–Crippen LogP) is 2.30. The molecule has 0 saturated heterocycles. The highest BCUT2D eigenvalue weighted by Crippen LogP contribution is 2.30. The number of rotatable bonds is 9. The first-order valence-electron chi connectivity index (χ1n) is 6.92. The molecule has 2 N–H and O–H groups in total. The first kappa shape index (κ1) is 16.5. The fraction of sp³-hybridized carbons (Fsp3) is 0.500. The summed E-state index contributed by atoms with van der Waals surface area (Å²) in [6.07, 6.45) is 1.14. The summed E-state index contributed by atoms with van der Waals surface area (Å²) < 4.78 is 11.3. The van der Waals surface area contributed by atoms with Crippen LogP contribution >= 0.6 is 0 Å². The Labute approximate surface area is 121 Å². The molecule has 1 aromatic rings. The summed E-state index contributed by atoms with van der Waals surface area (Å²) in [5.41, 5.74) is 0.999. The normalized spacial score (nSPS) is 12.2. The smallest absolute Gasteiger partial charge is 0.164 e. The van der Waals surface area contributed by atoms with Gasteiger partial charge < -0.3 is 19.9 Å². The van der Waals surface area contributed by atoms with Gasteiger partial charge in [-0.2, -0.15) is 0 Å². The van der Waals surface area contributed by atoms with Crippen LogP contribution in [0.4, 0.5) is 0 Å². The van der Waals surface area contributed by atoms with Crippen LogP contribution in [-0.4, -0.2) is 37.0 Å². The van der Waals surface area contributed by atoms with Crippen LogP contribution < -0.4 is 14.8 Å². The third-order valence-electron chi connectivity index (χ3n) is 2.71. The van der Waals surface area contributed by atoms with Crippen molar-refractivity contribution in [1.82, 2.24) is 5.32 Å². The number of para-hydroxylation sites is 1. The largest absolute Gasteiger partial charge is 0.487 e. The molecule has 0 aliphatic carbocycles. The molecular weight excluding hydrogens is 254 g/mol. The second-order valence-corrected chi connectivity index (χ2v) is 5.03. The van der Waals surface area contributed by atoms with Crippen molar-refractivity contribution in [1.29, 1.82) is 0 Å². The maximum Gasteiger partial charge on any atom is 0.164 e. The first-order chi connectivity index (χ1) is 9.54. The quantitative estimate of drug-likeness (QED) is 0.681. The Balaban J connectivity index is 2.58. The van der Waals surface area contributed by atoms with Gasteiger partial charge in [-0.15, -0.1) is 0 Å². The molecule has 0 radical (unpaired) electrons. The number of ether oxygens (including phenoxy) is 2. The fourth-order valence-corrected chi connectivity index (χ4v) is 1.68. The molecule has 0 spiro atoms. The van der Waals surface area contributed by atoms with E-state index >= 15 is 0 Å². The Morgan fingerprint density at radius 1 is 1.35 bits per heavy atom. The maximum atomic E-state index is 9.85. The zero-order chi connectivity index (χ0) is 15.0. The van der Waals surface area contributed by atoms with Crippen molar-refractivity contribution < 1.29 is 14.6 Å². The lowest BCUT2D eigenvalue weighted by atomic mass is 10.2. The molecular formula is C16H25NO3. The zero-order valence-corrected chi connectivity index (χ0v) is 12.6. The molecule has 1 rings (SSSR count). The molecule has 0 aliphatic heterocycles. The van der Waals surface area contributed by atoms with Crippen molar-refractivity contribution in [2.75, 3.05) is 19.8 Å². The van der Waals surface area contributed by atoms with E-state index in [0.717, 1.165) is 5.56 Å². The number of hydrogen-bond donors (Lipinski definition) is 2. The Kier molecular flexibility index (Phi) is 7.12. The van der Waals surface area contributed by atoms with Gasteiger partial charge in [-0.1, -0.05) is 38.6 Å². The number of aliphatic hydroxyl groups excluding tert-OH is 1. The summed E-state index contributed by atoms with van der Waals surface area (Å²) in [6.45, 7) is 10.8. The predicted molar refractivity (Wildman–Crippen MR) is 81.5 cm³/mol. The molecule has 0 heterocycles. The van der Waals surface area contributed by atoms with E-state index in [2.05, 4.69) is 11.9 Å². The minimum atomic E-state index is -0.551. The standard InChI is InChI=1S/C16H25NO3/c1-5-9-19-16-13(4)7-6-8-15(16)20-11-14(18)10-17-12(2)3/h5-8,12,14,17-18H,1,9-11H2,2-4H3/t14-/m0/s1. The van der Waals surface area contributed by atoms with Crippen molar-refractivity contribution in [2.45, 2.75) is 32.9 Å². The van der Waals surface area contributed by atoms with Gasteiger partial charge in [0, 0.05) is 12.6 Å². The molecule has 4 heteroatoms. The number of aryl methyl sites for hydroxylation is 1. The van der Waals surface area contributed by atoms with Crippen LogP contribution in [0.25, 0.3) is 0 Å². The summed E-state index contributed by atoms with van der Waals surface area (Å²) in [7, 11) is 0. The molecule has 0 amide bonds. The van der Waals surface area contributed by atoms with Gasteiger partial charge in [0.1, 0.15) is 19.3 Å². The van der Waals surface area contributed by atoms with Gasteiger partial charge in [-0.3, -0.25) is 0 Å². The van der Waals surface area contributed by atoms with Crippen molar-refractivity contribution in [3.63, 3.8) is 0 Å². The van der Waals surface area contributed by atoms with Crippen LogP contribution in [0, 0.1) is 6.92 Å². The second-order valence-electron chi connectivity index (χ2n) is 5.03. The maximum absolute atomic E-state index is 9.85. The highest BCUT2D eigenvalue weighted by Gasteiger charge is 2.11. The molecule has 0 saturated carbocycles. The summed E-state index contributed by atoms with van der Waals surface area (Å²) in [5.74, 6) is 1.35. The summed E-state index contributed by atoms with van der Waals surface area (Å²) in [6, 6.07) is 6.05. The number of nitrogens with one attached hydrogen (secondary N) is 1. The molecule has 0 aliphatic rings. The van der Waals surface area contributed by atoms with Gasteiger partial charge in [-0.25, -0.2) is 0 Å². The van der Waals surface area contributed by atoms with Gasteiger partial charge in [0.25, 0.3) is 0 Å². The Hall–Kier alpha value is -1.52. The van der Waals surface area contributed by atoms with Crippen molar-refractivity contribution >= 4 is 0 Å². The minimum Gasteiger partial charge on any atom is -0.487 e. The third kappa shape index (κ3) is 5.63. The van der Waals surface area contributed by atoms with Gasteiger partial charge in [-0.05, 0) is 18.6 Å². The van der Waals surface area contributed by atoms with E-state index < -0.39 is 6.10 Å². The Morgan fingerprint density at radius 3 is 2.75 bits per heavy atom. The molecule has 0 bridgehead atoms. The van der Waals surface area contributed by atoms with Gasteiger partial charge >= 0.3 is 0 Å². The molecule has 20 heavy (non-hydrogen) atoms.